The Balaban J connectivity index is 0. The monoisotopic (exact) mass is 294 g/mol. The van der Waals surface area contributed by atoms with Gasteiger partial charge in [0.1, 0.15) is 0 Å². The minimum absolute atomic E-state index is 0. The fraction of sp³-hybridized carbons (Fsp3) is 0. The molecule has 7 nitrogen and oxygen atoms in total. The molecule has 0 rings (SSSR count). The van der Waals surface area contributed by atoms with Crippen LogP contribution in [0.4, 0.5) is 0 Å². The molecule has 0 atom stereocenters. The summed E-state index contributed by atoms with van der Waals surface area (Å²) in [4.78, 5) is 0. The second-order valence-corrected chi connectivity index (χ2v) is 0. The zero-order valence-electron chi connectivity index (χ0n) is 5.17. The van der Waals surface area contributed by atoms with Gasteiger partial charge in [-0.25, -0.2) is 0 Å². The van der Waals surface area contributed by atoms with Crippen molar-refractivity contribution in [3.63, 3.8) is 0 Å². The summed E-state index contributed by atoms with van der Waals surface area (Å²) in [6.45, 7) is 0. The SMILES string of the molecule is [Ca+2].[Ca+2].[O-2].[O-2].[O-2].[O-2].[O-2].[O-2].[O-2].[V+5].[V+5]. The smallest absolute Gasteiger partial charge is 2.00 e. The summed E-state index contributed by atoms with van der Waals surface area (Å²) in [6.07, 6.45) is 0. The molecule has 0 heterocycles. The minimum Gasteiger partial charge on any atom is -2.00 e. The second kappa shape index (κ2) is 178. The summed E-state index contributed by atoms with van der Waals surface area (Å²) in [5.74, 6) is 0. The van der Waals surface area contributed by atoms with Crippen LogP contribution in [-0.4, -0.2) is 75.5 Å². The van der Waals surface area contributed by atoms with Gasteiger partial charge in [0.25, 0.3) is 0 Å². The van der Waals surface area contributed by atoms with Crippen LogP contribution in [0.3, 0.4) is 0 Å². The van der Waals surface area contributed by atoms with Crippen molar-refractivity contribution in [3.05, 3.63) is 0 Å². The number of hydrogen-bond donors (Lipinski definition) is 0. The molecule has 0 saturated carbocycles. The van der Waals surface area contributed by atoms with Crippen molar-refractivity contribution in [1.82, 2.24) is 0 Å². The van der Waals surface area contributed by atoms with E-state index in [1.165, 1.54) is 0 Å². The van der Waals surface area contributed by atoms with E-state index in [4.69, 9.17) is 0 Å². The molecule has 0 amide bonds. The van der Waals surface area contributed by atoms with Crippen LogP contribution in [0, 0.1) is 0 Å². The molecule has 0 unspecified atom stereocenters. The van der Waals surface area contributed by atoms with E-state index in [-0.39, 0.29) is 151 Å². The van der Waals surface area contributed by atoms with Gasteiger partial charge in [-0.05, 0) is 0 Å². The molecule has 11 heteroatoms. The van der Waals surface area contributed by atoms with Crippen molar-refractivity contribution in [2.45, 2.75) is 0 Å². The van der Waals surface area contributed by atoms with Crippen molar-refractivity contribution in [1.29, 1.82) is 0 Å². The van der Waals surface area contributed by atoms with Gasteiger partial charge in [-0.15, -0.1) is 0 Å². The molecule has 0 aliphatic carbocycles. The Hall–Kier alpha value is 3.41. The maximum Gasteiger partial charge on any atom is 5.00 e. The molecule has 0 aromatic rings. The Morgan fingerprint density at radius 3 is 0.273 bits per heavy atom. The first kappa shape index (κ1) is 223. The Kier molecular flexibility index (Phi) is 3600. The molecule has 0 aromatic heterocycles. The van der Waals surface area contributed by atoms with Crippen LogP contribution < -0.4 is 0 Å². The predicted molar refractivity (Wildman–Crippen MR) is 16.3 cm³/mol. The molecule has 0 N–H and O–H groups in total. The summed E-state index contributed by atoms with van der Waals surface area (Å²) in [6, 6.07) is 0. The second-order valence-electron chi connectivity index (χ2n) is 0. The summed E-state index contributed by atoms with van der Waals surface area (Å²) < 4.78 is 0. The van der Waals surface area contributed by atoms with Gasteiger partial charge in [0, 0.05) is 0 Å². The van der Waals surface area contributed by atoms with Crippen molar-refractivity contribution in [2.24, 2.45) is 0 Å². The normalized spacial score (nSPS) is 0. The molecule has 0 aromatic carbocycles. The maximum atomic E-state index is 0. The van der Waals surface area contributed by atoms with Crippen LogP contribution in [-0.2, 0) is 75.4 Å². The standard InChI is InChI=1S/2Ca.7O.2V/q2*+2;7*-2;2*+5. The summed E-state index contributed by atoms with van der Waals surface area (Å²) in [7, 11) is 0. The summed E-state index contributed by atoms with van der Waals surface area (Å²) in [5.41, 5.74) is 0. The molecule has 0 aliphatic rings. The van der Waals surface area contributed by atoms with Crippen LogP contribution in [0.25, 0.3) is 0 Å². The first-order valence-electron chi connectivity index (χ1n) is 0. The average Bonchev–Trinajstić information content (AvgIpc) is 0. The van der Waals surface area contributed by atoms with E-state index >= 15 is 0 Å². The molecule has 0 aliphatic heterocycles. The van der Waals surface area contributed by atoms with Gasteiger partial charge in [-0.2, -0.15) is 0 Å². The van der Waals surface area contributed by atoms with Gasteiger partial charge < -0.3 is 38.3 Å². The molecule has 0 spiro atoms. The van der Waals surface area contributed by atoms with Gasteiger partial charge in [0.15, 0.2) is 0 Å². The van der Waals surface area contributed by atoms with Gasteiger partial charge in [0.2, 0.25) is 0 Å². The molecular formula is Ca2O7V2. The van der Waals surface area contributed by atoms with E-state index in [1.807, 2.05) is 0 Å². The molecule has 0 fully saturated rings. The summed E-state index contributed by atoms with van der Waals surface area (Å²) in [5, 5.41) is 0. The van der Waals surface area contributed by atoms with E-state index in [1.54, 1.807) is 0 Å². The Morgan fingerprint density at radius 1 is 0.273 bits per heavy atom. The predicted octanol–water partition coefficient (Wildman–Crippen LogP) is -1.60. The number of hydrogen-bond acceptors (Lipinski definition) is 0. The molecule has 56 valence electrons. The van der Waals surface area contributed by atoms with Crippen molar-refractivity contribution in [2.75, 3.05) is 0 Å². The van der Waals surface area contributed by atoms with Crippen LogP contribution in [0.2, 0.25) is 0 Å². The van der Waals surface area contributed by atoms with Crippen LogP contribution >= 0.6 is 0 Å². The van der Waals surface area contributed by atoms with E-state index in [0.717, 1.165) is 0 Å². The molecule has 0 bridgehead atoms. The quantitative estimate of drug-likeness (QED) is 0.463. The van der Waals surface area contributed by atoms with Crippen LogP contribution in [0.5, 0.6) is 0 Å². The third-order valence-electron chi connectivity index (χ3n) is 0. The average molecular weight is 294 g/mol. The van der Waals surface area contributed by atoms with Crippen LogP contribution in [0.1, 0.15) is 0 Å². The Labute approximate surface area is 148 Å². The van der Waals surface area contributed by atoms with Gasteiger partial charge in [-0.3, -0.25) is 0 Å². The molecule has 11 heavy (non-hydrogen) atoms. The molecular weight excluding hydrogens is 294 g/mol. The van der Waals surface area contributed by atoms with Gasteiger partial charge in [0.05, 0.1) is 0 Å². The summed E-state index contributed by atoms with van der Waals surface area (Å²) >= 11 is 0. The van der Waals surface area contributed by atoms with E-state index in [9.17, 15) is 0 Å². The largest absolute Gasteiger partial charge is 5.00 e. The van der Waals surface area contributed by atoms with E-state index in [0.29, 0.717) is 0 Å². The zero-order valence-corrected chi connectivity index (χ0v) is 12.4. The van der Waals surface area contributed by atoms with Gasteiger partial charge in [-0.1, -0.05) is 0 Å². The topological polar surface area (TPSA) is 200 Å². The maximum absolute atomic E-state index is 0. The van der Waals surface area contributed by atoms with Crippen molar-refractivity contribution in [3.8, 4) is 0 Å². The van der Waals surface area contributed by atoms with Crippen LogP contribution in [0.15, 0.2) is 0 Å². The fourth-order valence-corrected chi connectivity index (χ4v) is 0. The first-order valence-corrected chi connectivity index (χ1v) is 0. The molecule has 0 radical (unpaired) electrons. The van der Waals surface area contributed by atoms with E-state index < -0.39 is 0 Å². The zero-order chi connectivity index (χ0) is 0. The minimum atomic E-state index is 0. The van der Waals surface area contributed by atoms with Crippen molar-refractivity contribution < 1.29 is 75.4 Å². The Morgan fingerprint density at radius 2 is 0.273 bits per heavy atom. The Bertz CT molecular complexity index is 14.4. The van der Waals surface area contributed by atoms with E-state index in [2.05, 4.69) is 0 Å². The fourth-order valence-electron chi connectivity index (χ4n) is 0. The van der Waals surface area contributed by atoms with Gasteiger partial charge >= 0.3 is 113 Å². The van der Waals surface area contributed by atoms with Crippen molar-refractivity contribution >= 4 is 75.5 Å². The number of rotatable bonds is 0. The third-order valence-corrected chi connectivity index (χ3v) is 0. The third kappa shape index (κ3) is 150. The first-order chi connectivity index (χ1) is 0. The molecule has 0 saturated heterocycles.